The van der Waals surface area contributed by atoms with Gasteiger partial charge in [-0.15, -0.1) is 0 Å². The van der Waals surface area contributed by atoms with Crippen LogP contribution in [-0.2, 0) is 9.53 Å². The molecule has 2 aliphatic heterocycles. The van der Waals surface area contributed by atoms with Gasteiger partial charge in [0.2, 0.25) is 0 Å². The summed E-state index contributed by atoms with van der Waals surface area (Å²) in [5, 5.41) is 0.641. The minimum Gasteiger partial charge on any atom is -0.490 e. The molecule has 30 heavy (non-hydrogen) atoms. The van der Waals surface area contributed by atoms with E-state index < -0.39 is 0 Å². The van der Waals surface area contributed by atoms with Crippen LogP contribution >= 0.6 is 11.6 Å². The van der Waals surface area contributed by atoms with E-state index >= 15 is 0 Å². The van der Waals surface area contributed by atoms with Gasteiger partial charge in [-0.2, -0.15) is 0 Å². The Morgan fingerprint density at radius 1 is 1.10 bits per heavy atom. The topological polar surface area (TPSA) is 56.1 Å². The van der Waals surface area contributed by atoms with Gasteiger partial charge in [-0.1, -0.05) is 23.7 Å². The average molecular weight is 426 g/mol. The summed E-state index contributed by atoms with van der Waals surface area (Å²) in [4.78, 5) is 18.7. The number of aromatic nitrogens is 2. The number of halogens is 1. The Balaban J connectivity index is 1.20. The largest absolute Gasteiger partial charge is 0.490 e. The minimum absolute atomic E-state index is 0.121. The number of likely N-dealkylation sites (tertiary alicyclic amines) is 1. The van der Waals surface area contributed by atoms with Gasteiger partial charge in [-0.05, 0) is 42.7 Å². The maximum Gasteiger partial charge on any atom is 0.251 e. The van der Waals surface area contributed by atoms with Gasteiger partial charge in [-0.25, -0.2) is 4.98 Å². The molecule has 0 unspecified atom stereocenters. The van der Waals surface area contributed by atoms with Crippen LogP contribution in [0.5, 0.6) is 5.75 Å². The number of ether oxygens (including phenoxy) is 2. The highest BCUT2D eigenvalue weighted by Crippen LogP contribution is 2.30. The van der Waals surface area contributed by atoms with E-state index in [1.165, 1.54) is 0 Å². The van der Waals surface area contributed by atoms with Gasteiger partial charge in [-0.3, -0.25) is 9.20 Å². The van der Waals surface area contributed by atoms with Crippen LogP contribution in [0.1, 0.15) is 25.7 Å². The summed E-state index contributed by atoms with van der Waals surface area (Å²) in [5.41, 5.74) is 2.81. The number of pyridine rings is 1. The summed E-state index contributed by atoms with van der Waals surface area (Å²) < 4.78 is 13.6. The predicted octanol–water partition coefficient (Wildman–Crippen LogP) is 4.20. The first-order chi connectivity index (χ1) is 14.7. The number of imidazole rings is 1. The van der Waals surface area contributed by atoms with Crippen molar-refractivity contribution in [3.8, 4) is 16.9 Å². The van der Waals surface area contributed by atoms with Gasteiger partial charge >= 0.3 is 0 Å². The van der Waals surface area contributed by atoms with Crippen LogP contribution in [-0.4, -0.2) is 52.1 Å². The molecule has 156 valence electrons. The molecular formula is C23H24ClN3O3. The fourth-order valence-corrected chi connectivity index (χ4v) is 4.57. The van der Waals surface area contributed by atoms with Crippen molar-refractivity contribution < 1.29 is 14.3 Å². The number of nitrogens with zero attached hydrogens (tertiary/aromatic N) is 3. The molecule has 6 nitrogen and oxygen atoms in total. The number of fused-ring (bicyclic) bond motifs is 1. The first-order valence-electron chi connectivity index (χ1n) is 10.5. The zero-order chi connectivity index (χ0) is 20.5. The quantitative estimate of drug-likeness (QED) is 0.588. The van der Waals surface area contributed by atoms with Crippen molar-refractivity contribution in [1.82, 2.24) is 14.3 Å². The number of hydrogen-bond donors (Lipinski definition) is 0. The van der Waals surface area contributed by atoms with Crippen LogP contribution in [0.3, 0.4) is 0 Å². The molecule has 0 radical (unpaired) electrons. The highest BCUT2D eigenvalue weighted by atomic mass is 35.5. The van der Waals surface area contributed by atoms with Gasteiger partial charge < -0.3 is 14.4 Å². The fourth-order valence-electron chi connectivity index (χ4n) is 4.25. The Kier molecular flexibility index (Phi) is 5.35. The fraction of sp³-hybridized carbons (Fsp3) is 0.391. The molecule has 0 bridgehead atoms. The van der Waals surface area contributed by atoms with Crippen LogP contribution in [0.15, 0.2) is 48.8 Å². The molecular weight excluding hydrogens is 402 g/mol. The third kappa shape index (κ3) is 3.77. The molecule has 2 aromatic heterocycles. The molecule has 0 N–H and O–H groups in total. The van der Waals surface area contributed by atoms with Gasteiger partial charge in [0, 0.05) is 50.5 Å². The SMILES string of the molecule is O=C([C@H]1CCCO1)N1CCC(Oc2ccc(-c3ccc4nccn4c3Cl)cc2)CC1. The number of rotatable bonds is 4. The van der Waals surface area contributed by atoms with E-state index in [4.69, 9.17) is 21.1 Å². The first kappa shape index (κ1) is 19.4. The summed E-state index contributed by atoms with van der Waals surface area (Å²) >= 11 is 6.55. The number of carbonyl (C=O) groups is 1. The molecule has 7 heteroatoms. The van der Waals surface area contributed by atoms with Crippen molar-refractivity contribution in [2.75, 3.05) is 19.7 Å². The van der Waals surface area contributed by atoms with Crippen molar-refractivity contribution in [2.45, 2.75) is 37.9 Å². The lowest BCUT2D eigenvalue weighted by atomic mass is 10.1. The van der Waals surface area contributed by atoms with Gasteiger partial charge in [0.1, 0.15) is 28.8 Å². The van der Waals surface area contributed by atoms with Crippen LogP contribution in [0, 0.1) is 0 Å². The maximum atomic E-state index is 12.5. The summed E-state index contributed by atoms with van der Waals surface area (Å²) in [5.74, 6) is 0.976. The van der Waals surface area contributed by atoms with Crippen molar-refractivity contribution in [1.29, 1.82) is 0 Å². The molecule has 0 spiro atoms. The summed E-state index contributed by atoms with van der Waals surface area (Å²) in [6.07, 6.45) is 6.98. The van der Waals surface area contributed by atoms with Gasteiger partial charge in [0.15, 0.2) is 0 Å². The van der Waals surface area contributed by atoms with E-state index in [-0.39, 0.29) is 18.1 Å². The second-order valence-electron chi connectivity index (χ2n) is 7.86. The maximum absolute atomic E-state index is 12.5. The lowest BCUT2D eigenvalue weighted by molar-refractivity contribution is -0.142. The Bertz CT molecular complexity index is 1040. The van der Waals surface area contributed by atoms with E-state index in [0.717, 1.165) is 61.3 Å². The lowest BCUT2D eigenvalue weighted by Crippen LogP contribution is -2.45. The highest BCUT2D eigenvalue weighted by molar-refractivity contribution is 6.32. The molecule has 2 saturated heterocycles. The number of benzene rings is 1. The number of carbonyl (C=O) groups excluding carboxylic acids is 1. The summed E-state index contributed by atoms with van der Waals surface area (Å²) in [7, 11) is 0. The van der Waals surface area contributed by atoms with E-state index in [0.29, 0.717) is 11.8 Å². The van der Waals surface area contributed by atoms with Crippen molar-refractivity contribution in [2.24, 2.45) is 0 Å². The Hall–Kier alpha value is -2.57. The predicted molar refractivity (Wildman–Crippen MR) is 115 cm³/mol. The zero-order valence-corrected chi connectivity index (χ0v) is 17.4. The number of piperidine rings is 1. The van der Waals surface area contributed by atoms with E-state index in [2.05, 4.69) is 4.98 Å². The third-order valence-corrected chi connectivity index (χ3v) is 6.31. The first-order valence-corrected chi connectivity index (χ1v) is 10.9. The van der Waals surface area contributed by atoms with E-state index in [1.807, 2.05) is 51.9 Å². The summed E-state index contributed by atoms with van der Waals surface area (Å²) in [6, 6.07) is 11.9. The molecule has 5 rings (SSSR count). The molecule has 0 saturated carbocycles. The summed E-state index contributed by atoms with van der Waals surface area (Å²) in [6.45, 7) is 2.15. The lowest BCUT2D eigenvalue weighted by Gasteiger charge is -2.33. The molecule has 4 heterocycles. The standard InChI is InChI=1S/C23H24ClN3O3/c24-22-19(7-8-21-25-11-14-27(21)22)16-3-5-17(6-4-16)30-18-9-12-26(13-10-18)23(28)20-2-1-15-29-20/h3-8,11,14,18,20H,1-2,9-10,12-13,15H2/t20-/m1/s1. The Morgan fingerprint density at radius 2 is 1.90 bits per heavy atom. The highest BCUT2D eigenvalue weighted by Gasteiger charge is 2.31. The normalized spacial score (nSPS) is 20.0. The third-order valence-electron chi connectivity index (χ3n) is 5.93. The molecule has 1 amide bonds. The van der Waals surface area contributed by atoms with Gasteiger partial charge in [0.25, 0.3) is 5.91 Å². The molecule has 2 aliphatic rings. The smallest absolute Gasteiger partial charge is 0.251 e. The minimum atomic E-state index is -0.233. The molecule has 2 fully saturated rings. The van der Waals surface area contributed by atoms with Crippen LogP contribution in [0.2, 0.25) is 5.15 Å². The Labute approximate surface area is 180 Å². The number of hydrogen-bond acceptors (Lipinski definition) is 4. The average Bonchev–Trinajstić information content (AvgIpc) is 3.47. The van der Waals surface area contributed by atoms with E-state index in [9.17, 15) is 4.79 Å². The second kappa shape index (κ2) is 8.28. The van der Waals surface area contributed by atoms with Crippen LogP contribution < -0.4 is 4.74 Å². The van der Waals surface area contributed by atoms with Gasteiger partial charge in [0.05, 0.1) is 0 Å². The molecule has 0 aliphatic carbocycles. The second-order valence-corrected chi connectivity index (χ2v) is 8.22. The molecule has 1 atom stereocenters. The van der Waals surface area contributed by atoms with Crippen molar-refractivity contribution >= 4 is 23.2 Å². The molecule has 3 aromatic rings. The zero-order valence-electron chi connectivity index (χ0n) is 16.7. The van der Waals surface area contributed by atoms with Crippen molar-refractivity contribution in [3.63, 3.8) is 0 Å². The van der Waals surface area contributed by atoms with Crippen LogP contribution in [0.25, 0.3) is 16.8 Å². The Morgan fingerprint density at radius 3 is 2.63 bits per heavy atom. The van der Waals surface area contributed by atoms with E-state index in [1.54, 1.807) is 6.20 Å². The monoisotopic (exact) mass is 425 g/mol. The number of amides is 1. The van der Waals surface area contributed by atoms with Crippen molar-refractivity contribution in [3.05, 3.63) is 53.9 Å². The van der Waals surface area contributed by atoms with Crippen LogP contribution in [0.4, 0.5) is 0 Å². The molecule has 1 aromatic carbocycles.